The fourth-order valence-electron chi connectivity index (χ4n) is 2.99. The van der Waals surface area contributed by atoms with Crippen LogP contribution in [0.2, 0.25) is 0 Å². The molecule has 2 aromatic rings. The van der Waals surface area contributed by atoms with E-state index in [1.165, 1.54) is 5.56 Å². The second-order valence-corrected chi connectivity index (χ2v) is 6.48. The molecule has 7 heteroatoms. The van der Waals surface area contributed by atoms with Crippen LogP contribution in [0.25, 0.3) is 0 Å². The number of aromatic nitrogens is 2. The normalized spacial score (nSPS) is 14.0. The van der Waals surface area contributed by atoms with Gasteiger partial charge in [0, 0.05) is 38.7 Å². The summed E-state index contributed by atoms with van der Waals surface area (Å²) in [5.41, 5.74) is 1.27. The third-order valence-electron chi connectivity index (χ3n) is 4.45. The van der Waals surface area contributed by atoms with Crippen LogP contribution < -0.4 is 15.5 Å². The van der Waals surface area contributed by atoms with E-state index in [-0.39, 0.29) is 5.91 Å². The van der Waals surface area contributed by atoms with E-state index >= 15 is 0 Å². The molecule has 0 atom stereocenters. The minimum Gasteiger partial charge on any atom is -0.378 e. The zero-order valence-corrected chi connectivity index (χ0v) is 15.6. The van der Waals surface area contributed by atoms with Crippen LogP contribution in [0.1, 0.15) is 18.4 Å². The average molecular weight is 369 g/mol. The maximum atomic E-state index is 11.9. The number of morpholine rings is 1. The molecule has 1 aliphatic heterocycles. The molecule has 3 rings (SSSR count). The lowest BCUT2D eigenvalue weighted by Gasteiger charge is -2.27. The number of carbonyl (C=O) groups excluding carboxylic acids is 1. The monoisotopic (exact) mass is 369 g/mol. The van der Waals surface area contributed by atoms with Gasteiger partial charge in [0.15, 0.2) is 0 Å². The topological polar surface area (TPSA) is 79.4 Å². The number of rotatable bonds is 9. The van der Waals surface area contributed by atoms with Gasteiger partial charge in [0.2, 0.25) is 5.91 Å². The second kappa shape index (κ2) is 10.5. The van der Waals surface area contributed by atoms with Crippen molar-refractivity contribution in [3.8, 4) is 0 Å². The van der Waals surface area contributed by atoms with E-state index in [4.69, 9.17) is 4.74 Å². The number of nitrogens with zero attached hydrogens (tertiary/aromatic N) is 3. The number of nitrogens with one attached hydrogen (secondary N) is 2. The molecule has 1 aromatic heterocycles. The highest BCUT2D eigenvalue weighted by molar-refractivity contribution is 5.75. The number of amides is 1. The van der Waals surface area contributed by atoms with Crippen molar-refractivity contribution in [3.05, 3.63) is 48.3 Å². The van der Waals surface area contributed by atoms with Crippen molar-refractivity contribution in [2.45, 2.75) is 19.3 Å². The molecule has 0 aliphatic carbocycles. The molecule has 0 unspecified atom stereocenters. The smallest absolute Gasteiger partial charge is 0.220 e. The molecule has 1 fully saturated rings. The van der Waals surface area contributed by atoms with Crippen LogP contribution in [0.15, 0.2) is 42.7 Å². The Hall–Kier alpha value is -2.67. The maximum Gasteiger partial charge on any atom is 0.220 e. The summed E-state index contributed by atoms with van der Waals surface area (Å²) in [6.45, 7) is 4.34. The average Bonchev–Trinajstić information content (AvgIpc) is 2.73. The van der Waals surface area contributed by atoms with E-state index < -0.39 is 0 Å². The number of anilines is 2. The number of benzene rings is 1. The largest absolute Gasteiger partial charge is 0.378 e. The highest BCUT2D eigenvalue weighted by Gasteiger charge is 2.12. The Labute approximate surface area is 160 Å². The number of hydrogen-bond donors (Lipinski definition) is 2. The zero-order valence-electron chi connectivity index (χ0n) is 15.6. The number of hydrogen-bond acceptors (Lipinski definition) is 6. The molecular formula is C20H27N5O2. The summed E-state index contributed by atoms with van der Waals surface area (Å²) in [6, 6.07) is 12.2. The lowest BCUT2D eigenvalue weighted by Crippen LogP contribution is -2.36. The first-order valence-corrected chi connectivity index (χ1v) is 9.50. The van der Waals surface area contributed by atoms with E-state index in [0.29, 0.717) is 19.5 Å². The molecule has 0 bridgehead atoms. The van der Waals surface area contributed by atoms with Crippen LogP contribution in [-0.4, -0.2) is 55.3 Å². The maximum absolute atomic E-state index is 11.9. The first kappa shape index (κ1) is 19.1. The minimum atomic E-state index is 0.0874. The van der Waals surface area contributed by atoms with Crippen molar-refractivity contribution in [1.82, 2.24) is 15.3 Å². The van der Waals surface area contributed by atoms with Crippen molar-refractivity contribution < 1.29 is 9.53 Å². The van der Waals surface area contributed by atoms with Gasteiger partial charge in [-0.15, -0.1) is 0 Å². The standard InChI is InChI=1S/C20H27N5O2/c26-20(8-4-7-17-5-2-1-3-6-17)22-10-9-21-18-15-19(24-16-23-18)25-11-13-27-14-12-25/h1-3,5-6,15-16H,4,7-14H2,(H,22,26)(H,21,23,24). The quantitative estimate of drug-likeness (QED) is 0.657. The predicted octanol–water partition coefficient (Wildman–Crippen LogP) is 1.86. The first-order chi connectivity index (χ1) is 13.3. The Morgan fingerprint density at radius 3 is 2.74 bits per heavy atom. The van der Waals surface area contributed by atoms with Gasteiger partial charge in [-0.05, 0) is 18.4 Å². The van der Waals surface area contributed by atoms with Crippen LogP contribution >= 0.6 is 0 Å². The Morgan fingerprint density at radius 1 is 1.11 bits per heavy atom. The van der Waals surface area contributed by atoms with Crippen molar-refractivity contribution in [1.29, 1.82) is 0 Å². The molecule has 1 amide bonds. The molecule has 144 valence electrons. The van der Waals surface area contributed by atoms with Gasteiger partial charge >= 0.3 is 0 Å². The molecule has 1 aromatic carbocycles. The lowest BCUT2D eigenvalue weighted by molar-refractivity contribution is -0.121. The Kier molecular flexibility index (Phi) is 7.41. The third-order valence-corrected chi connectivity index (χ3v) is 4.45. The van der Waals surface area contributed by atoms with E-state index in [0.717, 1.165) is 50.8 Å². The van der Waals surface area contributed by atoms with Crippen molar-refractivity contribution >= 4 is 17.5 Å². The molecule has 0 saturated carbocycles. The highest BCUT2D eigenvalue weighted by atomic mass is 16.5. The second-order valence-electron chi connectivity index (χ2n) is 6.48. The fourth-order valence-corrected chi connectivity index (χ4v) is 2.99. The SMILES string of the molecule is O=C(CCCc1ccccc1)NCCNc1cc(N2CCOCC2)ncn1. The Bertz CT molecular complexity index is 705. The van der Waals surface area contributed by atoms with Crippen LogP contribution in [0.3, 0.4) is 0 Å². The Balaban J connectivity index is 1.32. The van der Waals surface area contributed by atoms with E-state index in [2.05, 4.69) is 37.6 Å². The van der Waals surface area contributed by atoms with Gasteiger partial charge in [-0.1, -0.05) is 30.3 Å². The predicted molar refractivity (Wildman–Crippen MR) is 106 cm³/mol. The summed E-state index contributed by atoms with van der Waals surface area (Å²) < 4.78 is 5.37. The Morgan fingerprint density at radius 2 is 1.93 bits per heavy atom. The molecule has 27 heavy (non-hydrogen) atoms. The molecule has 1 aliphatic rings. The van der Waals surface area contributed by atoms with Gasteiger partial charge in [-0.25, -0.2) is 9.97 Å². The molecule has 0 spiro atoms. The van der Waals surface area contributed by atoms with Crippen LogP contribution in [-0.2, 0) is 16.0 Å². The van der Waals surface area contributed by atoms with Gasteiger partial charge in [0.25, 0.3) is 0 Å². The summed E-state index contributed by atoms with van der Waals surface area (Å²) in [4.78, 5) is 22.7. The van der Waals surface area contributed by atoms with Gasteiger partial charge in [0.1, 0.15) is 18.0 Å². The first-order valence-electron chi connectivity index (χ1n) is 9.50. The summed E-state index contributed by atoms with van der Waals surface area (Å²) in [6.07, 6.45) is 3.90. The summed E-state index contributed by atoms with van der Waals surface area (Å²) >= 11 is 0. The van der Waals surface area contributed by atoms with Crippen molar-refractivity contribution in [2.75, 3.05) is 49.6 Å². The fraction of sp³-hybridized carbons (Fsp3) is 0.450. The van der Waals surface area contributed by atoms with Crippen LogP contribution in [0.5, 0.6) is 0 Å². The van der Waals surface area contributed by atoms with Crippen LogP contribution in [0.4, 0.5) is 11.6 Å². The lowest BCUT2D eigenvalue weighted by atomic mass is 10.1. The number of ether oxygens (including phenoxy) is 1. The summed E-state index contributed by atoms with van der Waals surface area (Å²) in [7, 11) is 0. The highest BCUT2D eigenvalue weighted by Crippen LogP contribution is 2.15. The van der Waals surface area contributed by atoms with Gasteiger partial charge in [-0.2, -0.15) is 0 Å². The number of carbonyl (C=O) groups is 1. The van der Waals surface area contributed by atoms with E-state index in [1.807, 2.05) is 24.3 Å². The van der Waals surface area contributed by atoms with E-state index in [1.54, 1.807) is 6.33 Å². The molecular weight excluding hydrogens is 342 g/mol. The molecule has 0 radical (unpaired) electrons. The van der Waals surface area contributed by atoms with Crippen molar-refractivity contribution in [3.63, 3.8) is 0 Å². The third kappa shape index (κ3) is 6.53. The molecule has 7 nitrogen and oxygen atoms in total. The van der Waals surface area contributed by atoms with Crippen LogP contribution in [0, 0.1) is 0 Å². The van der Waals surface area contributed by atoms with Gasteiger partial charge in [-0.3, -0.25) is 4.79 Å². The van der Waals surface area contributed by atoms with Gasteiger partial charge < -0.3 is 20.3 Å². The van der Waals surface area contributed by atoms with E-state index in [9.17, 15) is 4.79 Å². The number of aryl methyl sites for hydroxylation is 1. The molecule has 2 N–H and O–H groups in total. The minimum absolute atomic E-state index is 0.0874. The zero-order chi connectivity index (χ0) is 18.7. The summed E-state index contributed by atoms with van der Waals surface area (Å²) in [5, 5.41) is 6.18. The molecule has 2 heterocycles. The summed E-state index contributed by atoms with van der Waals surface area (Å²) in [5.74, 6) is 1.76. The van der Waals surface area contributed by atoms with Crippen molar-refractivity contribution in [2.24, 2.45) is 0 Å². The molecule has 1 saturated heterocycles. The van der Waals surface area contributed by atoms with Gasteiger partial charge in [0.05, 0.1) is 13.2 Å².